The topological polar surface area (TPSA) is 81.4 Å². The molecule has 0 amide bonds. The highest BCUT2D eigenvalue weighted by Gasteiger charge is 2.36. The van der Waals surface area contributed by atoms with Gasteiger partial charge in [-0.2, -0.15) is 9.57 Å². The largest absolute Gasteiger partial charge is 0.395 e. The van der Waals surface area contributed by atoms with E-state index >= 15 is 0 Å². The third kappa shape index (κ3) is 3.06. The Morgan fingerprint density at radius 3 is 2.81 bits per heavy atom. The molecule has 0 bridgehead atoms. The van der Waals surface area contributed by atoms with Gasteiger partial charge in [0.1, 0.15) is 6.07 Å². The second kappa shape index (κ2) is 6.32. The predicted octanol–water partition coefficient (Wildman–Crippen LogP) is 1.99. The van der Waals surface area contributed by atoms with Crippen molar-refractivity contribution in [2.45, 2.75) is 30.7 Å². The molecule has 1 aromatic carbocycles. The van der Waals surface area contributed by atoms with Crippen molar-refractivity contribution in [2.75, 3.05) is 13.2 Å². The molecule has 0 spiro atoms. The average molecular weight is 329 g/mol. The molecule has 1 fully saturated rings. The maximum atomic E-state index is 12.7. The maximum absolute atomic E-state index is 12.7. The Morgan fingerprint density at radius 2 is 2.24 bits per heavy atom. The van der Waals surface area contributed by atoms with Crippen LogP contribution in [-0.2, 0) is 10.0 Å². The second-order valence-electron chi connectivity index (χ2n) is 5.24. The monoisotopic (exact) mass is 328 g/mol. The number of hydrogen-bond donors (Lipinski definition) is 1. The van der Waals surface area contributed by atoms with Crippen LogP contribution in [0.25, 0.3) is 0 Å². The number of aliphatic hydroxyl groups excluding tert-OH is 1. The SMILES string of the molecule is C[C@H]1CCCN(S(=O)(=O)c2ccc(C#N)c(Cl)c2)[C@@H]1CO. The van der Waals surface area contributed by atoms with E-state index in [1.165, 1.54) is 22.5 Å². The number of halogens is 1. The van der Waals surface area contributed by atoms with Crippen molar-refractivity contribution in [3.63, 3.8) is 0 Å². The number of nitriles is 1. The lowest BCUT2D eigenvalue weighted by Crippen LogP contribution is -2.49. The maximum Gasteiger partial charge on any atom is 0.243 e. The van der Waals surface area contributed by atoms with Gasteiger partial charge in [-0.15, -0.1) is 0 Å². The van der Waals surface area contributed by atoms with Crippen LogP contribution >= 0.6 is 11.6 Å². The quantitative estimate of drug-likeness (QED) is 0.920. The van der Waals surface area contributed by atoms with Gasteiger partial charge >= 0.3 is 0 Å². The summed E-state index contributed by atoms with van der Waals surface area (Å²) in [5.41, 5.74) is 0.237. The van der Waals surface area contributed by atoms with Crippen LogP contribution in [0.2, 0.25) is 5.02 Å². The number of piperidine rings is 1. The van der Waals surface area contributed by atoms with Gasteiger partial charge in [0.15, 0.2) is 0 Å². The first-order valence-corrected chi connectivity index (χ1v) is 8.56. The second-order valence-corrected chi connectivity index (χ2v) is 7.54. The van der Waals surface area contributed by atoms with Crippen molar-refractivity contribution in [3.05, 3.63) is 28.8 Å². The molecular weight excluding hydrogens is 312 g/mol. The Hall–Kier alpha value is -1.13. The van der Waals surface area contributed by atoms with Gasteiger partial charge in [-0.25, -0.2) is 8.42 Å². The zero-order chi connectivity index (χ0) is 15.6. The van der Waals surface area contributed by atoms with Crippen molar-refractivity contribution in [1.82, 2.24) is 4.31 Å². The lowest BCUT2D eigenvalue weighted by atomic mass is 9.93. The van der Waals surface area contributed by atoms with Gasteiger partial charge in [0.25, 0.3) is 0 Å². The molecule has 0 aromatic heterocycles. The third-order valence-electron chi connectivity index (χ3n) is 3.92. The van der Waals surface area contributed by atoms with E-state index in [0.29, 0.717) is 6.54 Å². The minimum atomic E-state index is -3.72. The Kier molecular flexibility index (Phi) is 4.89. The molecule has 0 saturated carbocycles. The molecule has 114 valence electrons. The first-order valence-electron chi connectivity index (χ1n) is 6.74. The molecule has 2 rings (SSSR count). The zero-order valence-corrected chi connectivity index (χ0v) is 13.2. The van der Waals surface area contributed by atoms with E-state index in [9.17, 15) is 13.5 Å². The lowest BCUT2D eigenvalue weighted by Gasteiger charge is -2.37. The Morgan fingerprint density at radius 1 is 1.52 bits per heavy atom. The molecule has 1 aliphatic heterocycles. The highest BCUT2D eigenvalue weighted by molar-refractivity contribution is 7.89. The molecule has 1 aromatic rings. The number of aliphatic hydroxyl groups is 1. The molecule has 5 nitrogen and oxygen atoms in total. The summed E-state index contributed by atoms with van der Waals surface area (Å²) in [6.45, 7) is 2.12. The summed E-state index contributed by atoms with van der Waals surface area (Å²) >= 11 is 5.92. The fourth-order valence-corrected chi connectivity index (χ4v) is 4.73. The molecule has 1 saturated heterocycles. The Labute approximate surface area is 129 Å². The molecule has 2 atom stereocenters. The molecule has 21 heavy (non-hydrogen) atoms. The highest BCUT2D eigenvalue weighted by atomic mass is 35.5. The predicted molar refractivity (Wildman–Crippen MR) is 79.3 cm³/mol. The van der Waals surface area contributed by atoms with E-state index in [-0.39, 0.29) is 28.0 Å². The lowest BCUT2D eigenvalue weighted by molar-refractivity contribution is 0.113. The summed E-state index contributed by atoms with van der Waals surface area (Å²) in [6.07, 6.45) is 1.66. The van der Waals surface area contributed by atoms with Gasteiger partial charge in [0.2, 0.25) is 10.0 Å². The first kappa shape index (κ1) is 16.2. The molecule has 7 heteroatoms. The fraction of sp³-hybridized carbons (Fsp3) is 0.500. The van der Waals surface area contributed by atoms with Gasteiger partial charge in [0.05, 0.1) is 28.1 Å². The molecule has 1 N–H and O–H groups in total. The van der Waals surface area contributed by atoms with E-state index in [1.807, 2.05) is 13.0 Å². The van der Waals surface area contributed by atoms with E-state index < -0.39 is 16.1 Å². The summed E-state index contributed by atoms with van der Waals surface area (Å²) in [6, 6.07) is 5.56. The zero-order valence-electron chi connectivity index (χ0n) is 11.7. The van der Waals surface area contributed by atoms with Crippen LogP contribution in [0.1, 0.15) is 25.3 Å². The van der Waals surface area contributed by atoms with Crippen LogP contribution < -0.4 is 0 Å². The van der Waals surface area contributed by atoms with Crippen molar-refractivity contribution >= 4 is 21.6 Å². The third-order valence-corrected chi connectivity index (χ3v) is 6.15. The summed E-state index contributed by atoms with van der Waals surface area (Å²) in [5, 5.41) is 18.5. The minimum absolute atomic E-state index is 0.0547. The van der Waals surface area contributed by atoms with E-state index in [1.54, 1.807) is 0 Å². The van der Waals surface area contributed by atoms with E-state index in [0.717, 1.165) is 12.8 Å². The number of benzene rings is 1. The van der Waals surface area contributed by atoms with Gasteiger partial charge < -0.3 is 5.11 Å². The Bertz CT molecular complexity index is 669. The summed E-state index contributed by atoms with van der Waals surface area (Å²) in [7, 11) is -3.72. The van der Waals surface area contributed by atoms with Crippen molar-refractivity contribution in [1.29, 1.82) is 5.26 Å². The van der Waals surface area contributed by atoms with Crippen molar-refractivity contribution in [3.8, 4) is 6.07 Å². The smallest absolute Gasteiger partial charge is 0.243 e. The van der Waals surface area contributed by atoms with E-state index in [4.69, 9.17) is 16.9 Å². The van der Waals surface area contributed by atoms with Gasteiger partial charge in [0, 0.05) is 6.54 Å². The van der Waals surface area contributed by atoms with Crippen LogP contribution in [0.5, 0.6) is 0 Å². The molecule has 0 aliphatic carbocycles. The molecule has 1 heterocycles. The Balaban J connectivity index is 2.41. The standard InChI is InChI=1S/C14H17ClN2O3S/c1-10-3-2-6-17(14(10)9-18)21(19,20)12-5-4-11(8-16)13(15)7-12/h4-5,7,10,14,18H,2-3,6,9H2,1H3/t10-,14+/m0/s1. The first-order chi connectivity index (χ1) is 9.91. The minimum Gasteiger partial charge on any atom is -0.395 e. The normalized spacial score (nSPS) is 23.7. The van der Waals surface area contributed by atoms with Crippen molar-refractivity contribution < 1.29 is 13.5 Å². The summed E-state index contributed by atoms with van der Waals surface area (Å²) in [5.74, 6) is 0.104. The van der Waals surface area contributed by atoms with E-state index in [2.05, 4.69) is 0 Å². The average Bonchev–Trinajstić information content (AvgIpc) is 2.46. The van der Waals surface area contributed by atoms with Crippen LogP contribution in [0.15, 0.2) is 23.1 Å². The van der Waals surface area contributed by atoms with Gasteiger partial charge in [-0.1, -0.05) is 18.5 Å². The molecule has 1 aliphatic rings. The van der Waals surface area contributed by atoms with Crippen molar-refractivity contribution in [2.24, 2.45) is 5.92 Å². The van der Waals surface area contributed by atoms with Crippen LogP contribution in [0.3, 0.4) is 0 Å². The summed E-state index contributed by atoms with van der Waals surface area (Å²) in [4.78, 5) is 0.0547. The number of sulfonamides is 1. The van der Waals surface area contributed by atoms with Crippen LogP contribution in [0.4, 0.5) is 0 Å². The fourth-order valence-electron chi connectivity index (χ4n) is 2.66. The molecule has 0 unspecified atom stereocenters. The number of nitrogens with zero attached hydrogens (tertiary/aromatic N) is 2. The molecule has 0 radical (unpaired) electrons. The highest BCUT2D eigenvalue weighted by Crippen LogP contribution is 2.30. The summed E-state index contributed by atoms with van der Waals surface area (Å²) < 4.78 is 26.8. The molecular formula is C14H17ClN2O3S. The van der Waals surface area contributed by atoms with Gasteiger partial charge in [-0.3, -0.25) is 0 Å². The number of rotatable bonds is 3. The van der Waals surface area contributed by atoms with Crippen LogP contribution in [0, 0.1) is 17.2 Å². The van der Waals surface area contributed by atoms with Crippen LogP contribution in [-0.4, -0.2) is 37.0 Å². The van der Waals surface area contributed by atoms with Gasteiger partial charge in [-0.05, 0) is 37.0 Å². The number of hydrogen-bond acceptors (Lipinski definition) is 4.